The Morgan fingerprint density at radius 1 is 1.23 bits per heavy atom. The van der Waals surface area contributed by atoms with Crippen molar-refractivity contribution in [3.05, 3.63) is 46.3 Å². The minimum atomic E-state index is -4.06. The second kappa shape index (κ2) is 6.92. The third-order valence-electron chi connectivity index (χ3n) is 3.43. The Morgan fingerprint density at radius 3 is 2.69 bits per heavy atom. The molecule has 2 aromatic heterocycles. The second-order valence-electron chi connectivity index (χ2n) is 5.35. The number of nitrogens with zero attached hydrogens (tertiary/aromatic N) is 5. The number of anilines is 1. The lowest BCUT2D eigenvalue weighted by molar-refractivity contribution is 0.541. The van der Waals surface area contributed by atoms with Crippen molar-refractivity contribution < 1.29 is 13.2 Å². The van der Waals surface area contributed by atoms with E-state index in [1.807, 2.05) is 0 Å². The van der Waals surface area contributed by atoms with E-state index in [2.05, 4.69) is 40.7 Å². The molecule has 9 nitrogen and oxygen atoms in total. The molecular weight excluding hydrogens is 424 g/mol. The molecule has 26 heavy (non-hydrogen) atoms. The molecule has 0 fully saturated rings. The van der Waals surface area contributed by atoms with Gasteiger partial charge >= 0.3 is 0 Å². The van der Waals surface area contributed by atoms with Crippen molar-refractivity contribution in [1.82, 2.24) is 24.7 Å². The van der Waals surface area contributed by atoms with Crippen molar-refractivity contribution in [2.24, 2.45) is 0 Å². The van der Waals surface area contributed by atoms with Crippen molar-refractivity contribution in [1.29, 1.82) is 0 Å². The van der Waals surface area contributed by atoms with Gasteiger partial charge in [0.1, 0.15) is 12.0 Å². The summed E-state index contributed by atoms with van der Waals surface area (Å²) in [5.41, 5.74) is 1.71. The Balaban J connectivity index is 2.07. The Kier molecular flexibility index (Phi) is 4.83. The molecule has 1 aromatic carbocycles. The van der Waals surface area contributed by atoms with Crippen LogP contribution in [0.15, 0.2) is 40.2 Å². The first-order valence-corrected chi connectivity index (χ1v) is 9.58. The van der Waals surface area contributed by atoms with E-state index < -0.39 is 15.2 Å². The zero-order chi connectivity index (χ0) is 18.9. The molecule has 134 valence electrons. The zero-order valence-corrected chi connectivity index (χ0v) is 16.1. The normalized spacial score (nSPS) is 11.3. The summed E-state index contributed by atoms with van der Waals surface area (Å²) in [5, 5.41) is 3.30. The predicted molar refractivity (Wildman–Crippen MR) is 97.6 cm³/mol. The van der Waals surface area contributed by atoms with Crippen LogP contribution < -0.4 is 4.72 Å². The molecule has 11 heteroatoms. The molecule has 0 bridgehead atoms. The van der Waals surface area contributed by atoms with Gasteiger partial charge in [-0.1, -0.05) is 12.1 Å². The molecule has 1 N–H and O–H groups in total. The van der Waals surface area contributed by atoms with Crippen molar-refractivity contribution >= 4 is 38.1 Å². The summed E-state index contributed by atoms with van der Waals surface area (Å²) in [6, 6.07) is 6.81. The molecule has 0 unspecified atom stereocenters. The molecule has 0 saturated carbocycles. The first-order valence-electron chi connectivity index (χ1n) is 7.30. The lowest BCUT2D eigenvalue weighted by Gasteiger charge is -2.12. The standard InChI is InChI=1S/C15H13BrN6O3S/c1-9-4-3-5-11(16)13(9)21-26(24,25)15-19-10(2)6-12(20-15)14-17-7-18-22(14)8-23/h3-8,21H,1-2H3. The maximum atomic E-state index is 12.8. The van der Waals surface area contributed by atoms with Crippen LogP contribution in [0, 0.1) is 13.8 Å². The topological polar surface area (TPSA) is 120 Å². The number of benzene rings is 1. The van der Waals surface area contributed by atoms with E-state index in [4.69, 9.17) is 0 Å². The van der Waals surface area contributed by atoms with Crippen LogP contribution in [0.3, 0.4) is 0 Å². The van der Waals surface area contributed by atoms with Gasteiger partial charge in [0.15, 0.2) is 5.82 Å². The van der Waals surface area contributed by atoms with Crippen LogP contribution in [0.5, 0.6) is 0 Å². The van der Waals surface area contributed by atoms with Crippen LogP contribution >= 0.6 is 15.9 Å². The van der Waals surface area contributed by atoms with Gasteiger partial charge in [-0.25, -0.2) is 15.0 Å². The number of carbonyl (C=O) groups excluding carboxylic acids is 1. The van der Waals surface area contributed by atoms with E-state index in [1.54, 1.807) is 32.0 Å². The fourth-order valence-electron chi connectivity index (χ4n) is 2.23. The summed E-state index contributed by atoms with van der Waals surface area (Å²) in [5.74, 6) is 0.124. The molecule has 0 amide bonds. The number of carbonyl (C=O) groups is 1. The zero-order valence-electron chi connectivity index (χ0n) is 13.7. The Labute approximate surface area is 157 Å². The first-order chi connectivity index (χ1) is 12.3. The Morgan fingerprint density at radius 2 is 2.00 bits per heavy atom. The summed E-state index contributed by atoms with van der Waals surface area (Å²) in [7, 11) is -4.06. The third-order valence-corrected chi connectivity index (χ3v) is 5.23. The van der Waals surface area contributed by atoms with Gasteiger partial charge in [0, 0.05) is 10.2 Å². The van der Waals surface area contributed by atoms with Crippen molar-refractivity contribution in [2.75, 3.05) is 4.72 Å². The number of hydrogen-bond acceptors (Lipinski definition) is 7. The number of para-hydroxylation sites is 1. The van der Waals surface area contributed by atoms with Crippen molar-refractivity contribution in [3.8, 4) is 11.5 Å². The van der Waals surface area contributed by atoms with Gasteiger partial charge in [-0.05, 0) is 47.5 Å². The number of sulfonamides is 1. The highest BCUT2D eigenvalue weighted by Crippen LogP contribution is 2.28. The van der Waals surface area contributed by atoms with Gasteiger partial charge in [-0.3, -0.25) is 9.52 Å². The van der Waals surface area contributed by atoms with Gasteiger partial charge in [-0.2, -0.15) is 18.2 Å². The summed E-state index contributed by atoms with van der Waals surface area (Å²) >= 11 is 3.32. The van der Waals surface area contributed by atoms with Crippen LogP contribution in [0.1, 0.15) is 11.3 Å². The summed E-state index contributed by atoms with van der Waals surface area (Å²) in [4.78, 5) is 23.0. The van der Waals surface area contributed by atoms with Crippen molar-refractivity contribution in [2.45, 2.75) is 19.0 Å². The number of hydrogen-bond donors (Lipinski definition) is 1. The number of nitrogens with one attached hydrogen (secondary N) is 1. The van der Waals surface area contributed by atoms with E-state index in [0.29, 0.717) is 22.3 Å². The molecule has 2 heterocycles. The fourth-order valence-corrected chi connectivity index (χ4v) is 4.04. The maximum absolute atomic E-state index is 12.8. The first kappa shape index (κ1) is 18.1. The van der Waals surface area contributed by atoms with Gasteiger partial charge in [-0.15, -0.1) is 0 Å². The predicted octanol–water partition coefficient (Wildman–Crippen LogP) is 1.95. The van der Waals surface area contributed by atoms with Gasteiger partial charge in [0.2, 0.25) is 6.41 Å². The average Bonchev–Trinajstić information content (AvgIpc) is 3.06. The lowest BCUT2D eigenvalue weighted by Crippen LogP contribution is -2.18. The molecule has 3 rings (SSSR count). The van der Waals surface area contributed by atoms with Crippen LogP contribution in [0.25, 0.3) is 11.5 Å². The Hall–Kier alpha value is -2.66. The van der Waals surface area contributed by atoms with Gasteiger partial charge in [0.25, 0.3) is 15.2 Å². The highest BCUT2D eigenvalue weighted by molar-refractivity contribution is 9.10. The number of aryl methyl sites for hydroxylation is 2. The fraction of sp³-hybridized carbons (Fsp3) is 0.133. The highest BCUT2D eigenvalue weighted by Gasteiger charge is 2.23. The second-order valence-corrected chi connectivity index (χ2v) is 7.78. The van der Waals surface area contributed by atoms with Crippen LogP contribution in [-0.4, -0.2) is 39.6 Å². The molecule has 0 aliphatic heterocycles. The van der Waals surface area contributed by atoms with E-state index in [1.165, 1.54) is 12.4 Å². The number of aromatic nitrogens is 5. The van der Waals surface area contributed by atoms with E-state index in [9.17, 15) is 13.2 Å². The van der Waals surface area contributed by atoms with Crippen molar-refractivity contribution in [3.63, 3.8) is 0 Å². The van der Waals surface area contributed by atoms with Gasteiger partial charge in [0.05, 0.1) is 5.69 Å². The minimum absolute atomic E-state index is 0.124. The minimum Gasteiger partial charge on any atom is -0.276 e. The lowest BCUT2D eigenvalue weighted by atomic mass is 10.2. The number of rotatable bonds is 5. The number of halogens is 1. The average molecular weight is 437 g/mol. The summed E-state index contributed by atoms with van der Waals surface area (Å²) in [6.07, 6.45) is 1.63. The molecule has 0 spiro atoms. The molecule has 0 saturated heterocycles. The van der Waals surface area contributed by atoms with E-state index >= 15 is 0 Å². The van der Waals surface area contributed by atoms with Crippen LogP contribution in [-0.2, 0) is 14.8 Å². The largest absolute Gasteiger partial charge is 0.297 e. The third kappa shape index (κ3) is 3.48. The summed E-state index contributed by atoms with van der Waals surface area (Å²) < 4.78 is 29.6. The SMILES string of the molecule is Cc1cc(-c2ncnn2C=O)nc(S(=O)(=O)Nc2c(C)cccc2Br)n1. The van der Waals surface area contributed by atoms with Crippen LogP contribution in [0.4, 0.5) is 5.69 Å². The monoisotopic (exact) mass is 436 g/mol. The van der Waals surface area contributed by atoms with Crippen LogP contribution in [0.2, 0.25) is 0 Å². The summed E-state index contributed by atoms with van der Waals surface area (Å²) in [6.45, 7) is 3.40. The molecule has 3 aromatic rings. The Bertz CT molecular complexity index is 1080. The molecular formula is C15H13BrN6O3S. The molecule has 0 aliphatic carbocycles. The smallest absolute Gasteiger partial charge is 0.276 e. The van der Waals surface area contributed by atoms with E-state index in [0.717, 1.165) is 10.2 Å². The highest BCUT2D eigenvalue weighted by atomic mass is 79.9. The quantitative estimate of drug-likeness (QED) is 0.479. The van der Waals surface area contributed by atoms with E-state index in [-0.39, 0.29) is 11.5 Å². The molecule has 0 aliphatic rings. The maximum Gasteiger partial charge on any atom is 0.297 e. The van der Waals surface area contributed by atoms with Gasteiger partial charge < -0.3 is 0 Å². The molecule has 0 radical (unpaired) electrons. The molecule has 0 atom stereocenters.